The van der Waals surface area contributed by atoms with E-state index in [2.05, 4.69) is 22.8 Å². The Labute approximate surface area is 83.5 Å². The van der Waals surface area contributed by atoms with E-state index in [1.165, 1.54) is 5.56 Å². The van der Waals surface area contributed by atoms with E-state index in [1.54, 1.807) is 0 Å². The number of hydrogen-bond acceptors (Lipinski definition) is 2. The van der Waals surface area contributed by atoms with Crippen LogP contribution in [0.25, 0.3) is 0 Å². The van der Waals surface area contributed by atoms with Crippen LogP contribution >= 0.6 is 0 Å². The maximum Gasteiger partial charge on any atom is 0.237 e. The van der Waals surface area contributed by atoms with Gasteiger partial charge in [-0.05, 0) is 12.6 Å². The summed E-state index contributed by atoms with van der Waals surface area (Å²) in [6, 6.07) is 10.0. The number of amides is 1. The van der Waals surface area contributed by atoms with Crippen molar-refractivity contribution in [1.82, 2.24) is 10.6 Å². The Balaban J connectivity index is 2.23. The Kier molecular flexibility index (Phi) is 2.50. The lowest BCUT2D eigenvalue weighted by Gasteiger charge is -2.15. The first-order valence-corrected chi connectivity index (χ1v) is 4.83. The minimum Gasteiger partial charge on any atom is -0.354 e. The molecule has 1 aromatic rings. The van der Waals surface area contributed by atoms with E-state index in [0.29, 0.717) is 0 Å². The molecule has 1 saturated heterocycles. The summed E-state index contributed by atoms with van der Waals surface area (Å²) in [5.74, 6) is 0.357. The van der Waals surface area contributed by atoms with Gasteiger partial charge in [0.2, 0.25) is 5.91 Å². The summed E-state index contributed by atoms with van der Waals surface area (Å²) in [6.45, 7) is 0.731. The van der Waals surface area contributed by atoms with Crippen LogP contribution in [0.2, 0.25) is 0 Å². The average molecular weight is 190 g/mol. The van der Waals surface area contributed by atoms with Gasteiger partial charge in [0.05, 0.1) is 6.04 Å². The highest BCUT2D eigenvalue weighted by atomic mass is 16.2. The van der Waals surface area contributed by atoms with Crippen molar-refractivity contribution in [3.63, 3.8) is 0 Å². The molecule has 1 aliphatic heterocycles. The van der Waals surface area contributed by atoms with Gasteiger partial charge in [0.25, 0.3) is 0 Å². The van der Waals surface area contributed by atoms with Crippen molar-refractivity contribution < 1.29 is 4.79 Å². The Morgan fingerprint density at radius 1 is 1.36 bits per heavy atom. The van der Waals surface area contributed by atoms with Crippen molar-refractivity contribution in [1.29, 1.82) is 0 Å². The van der Waals surface area contributed by atoms with Crippen molar-refractivity contribution >= 4 is 5.91 Å². The summed E-state index contributed by atoms with van der Waals surface area (Å²) in [6.07, 6.45) is 0. The topological polar surface area (TPSA) is 41.1 Å². The van der Waals surface area contributed by atoms with Gasteiger partial charge in [0.15, 0.2) is 0 Å². The molecule has 0 aliphatic carbocycles. The third-order valence-corrected chi connectivity index (χ3v) is 2.72. The smallest absolute Gasteiger partial charge is 0.237 e. The number of benzene rings is 1. The molecule has 3 nitrogen and oxygen atoms in total. The van der Waals surface area contributed by atoms with Crippen LogP contribution in [-0.4, -0.2) is 25.5 Å². The summed E-state index contributed by atoms with van der Waals surface area (Å²) >= 11 is 0. The van der Waals surface area contributed by atoms with Gasteiger partial charge in [-0.25, -0.2) is 0 Å². The molecule has 2 unspecified atom stereocenters. The highest BCUT2D eigenvalue weighted by Crippen LogP contribution is 2.22. The van der Waals surface area contributed by atoms with E-state index in [-0.39, 0.29) is 17.9 Å². The zero-order chi connectivity index (χ0) is 9.97. The number of carbonyl (C=O) groups is 1. The Bertz CT molecular complexity index is 323. The second kappa shape index (κ2) is 3.80. The highest BCUT2D eigenvalue weighted by molar-refractivity contribution is 5.85. The van der Waals surface area contributed by atoms with E-state index in [9.17, 15) is 4.79 Å². The lowest BCUT2D eigenvalue weighted by atomic mass is 9.94. The molecule has 2 N–H and O–H groups in total. The van der Waals surface area contributed by atoms with E-state index in [1.807, 2.05) is 25.2 Å². The number of hydrogen-bond donors (Lipinski definition) is 2. The Morgan fingerprint density at radius 2 is 2.07 bits per heavy atom. The van der Waals surface area contributed by atoms with Crippen LogP contribution in [0.1, 0.15) is 11.5 Å². The summed E-state index contributed by atoms with van der Waals surface area (Å²) in [7, 11) is 1.82. The lowest BCUT2D eigenvalue weighted by Crippen LogP contribution is -2.36. The quantitative estimate of drug-likeness (QED) is 0.712. The molecule has 0 bridgehead atoms. The van der Waals surface area contributed by atoms with Crippen LogP contribution in [0.4, 0.5) is 0 Å². The van der Waals surface area contributed by atoms with E-state index < -0.39 is 0 Å². The van der Waals surface area contributed by atoms with Gasteiger partial charge in [-0.2, -0.15) is 0 Å². The lowest BCUT2D eigenvalue weighted by molar-refractivity contribution is -0.120. The molecule has 2 atom stereocenters. The molecule has 1 fully saturated rings. The Hall–Kier alpha value is -1.35. The fourth-order valence-corrected chi connectivity index (χ4v) is 1.96. The molecule has 14 heavy (non-hydrogen) atoms. The minimum absolute atomic E-state index is 0.0857. The van der Waals surface area contributed by atoms with E-state index in [0.717, 1.165) is 6.54 Å². The summed E-state index contributed by atoms with van der Waals surface area (Å²) in [5, 5.41) is 5.92. The van der Waals surface area contributed by atoms with Crippen LogP contribution in [0.15, 0.2) is 30.3 Å². The van der Waals surface area contributed by atoms with E-state index in [4.69, 9.17) is 0 Å². The molecular formula is C11H14N2O. The van der Waals surface area contributed by atoms with Crippen molar-refractivity contribution in [3.05, 3.63) is 35.9 Å². The third kappa shape index (κ3) is 1.51. The minimum atomic E-state index is -0.0857. The van der Waals surface area contributed by atoms with Gasteiger partial charge in [-0.1, -0.05) is 30.3 Å². The molecular weight excluding hydrogens is 176 g/mol. The molecule has 0 aromatic heterocycles. The fraction of sp³-hybridized carbons (Fsp3) is 0.364. The molecule has 0 saturated carbocycles. The van der Waals surface area contributed by atoms with Crippen LogP contribution in [-0.2, 0) is 4.79 Å². The molecule has 1 amide bonds. The average Bonchev–Trinajstić information content (AvgIpc) is 2.61. The molecule has 0 spiro atoms. The molecule has 74 valence electrons. The Morgan fingerprint density at radius 3 is 2.71 bits per heavy atom. The van der Waals surface area contributed by atoms with Gasteiger partial charge < -0.3 is 10.6 Å². The number of nitrogens with one attached hydrogen (secondary N) is 2. The SMILES string of the molecule is CNC1C(=O)NCC1c1ccccc1. The normalized spacial score (nSPS) is 26.2. The summed E-state index contributed by atoms with van der Waals surface area (Å²) < 4.78 is 0. The number of rotatable bonds is 2. The second-order valence-corrected chi connectivity index (χ2v) is 3.53. The van der Waals surface area contributed by atoms with Crippen LogP contribution in [0.5, 0.6) is 0 Å². The molecule has 2 rings (SSSR count). The van der Waals surface area contributed by atoms with Crippen LogP contribution in [0.3, 0.4) is 0 Å². The van der Waals surface area contributed by atoms with E-state index >= 15 is 0 Å². The first-order valence-electron chi connectivity index (χ1n) is 4.83. The molecule has 1 heterocycles. The van der Waals surface area contributed by atoms with Crippen molar-refractivity contribution in [2.75, 3.05) is 13.6 Å². The van der Waals surface area contributed by atoms with Gasteiger partial charge in [-0.3, -0.25) is 4.79 Å². The molecule has 0 radical (unpaired) electrons. The summed E-state index contributed by atoms with van der Waals surface area (Å²) in [4.78, 5) is 11.4. The zero-order valence-corrected chi connectivity index (χ0v) is 8.16. The first-order chi connectivity index (χ1) is 6.83. The van der Waals surface area contributed by atoms with Crippen LogP contribution in [0, 0.1) is 0 Å². The highest BCUT2D eigenvalue weighted by Gasteiger charge is 2.33. The maximum absolute atomic E-state index is 11.4. The third-order valence-electron chi connectivity index (χ3n) is 2.72. The first kappa shape index (κ1) is 9.21. The van der Waals surface area contributed by atoms with Crippen molar-refractivity contribution in [2.24, 2.45) is 0 Å². The monoisotopic (exact) mass is 190 g/mol. The maximum atomic E-state index is 11.4. The summed E-state index contributed by atoms with van der Waals surface area (Å²) in [5.41, 5.74) is 1.21. The fourth-order valence-electron chi connectivity index (χ4n) is 1.96. The van der Waals surface area contributed by atoms with Gasteiger partial charge >= 0.3 is 0 Å². The molecule has 3 heteroatoms. The van der Waals surface area contributed by atoms with Gasteiger partial charge in [0.1, 0.15) is 0 Å². The van der Waals surface area contributed by atoms with Gasteiger partial charge in [0, 0.05) is 12.5 Å². The van der Waals surface area contributed by atoms with Crippen molar-refractivity contribution in [2.45, 2.75) is 12.0 Å². The predicted octanol–water partition coefficient (Wildman–Crippen LogP) is 0.488. The van der Waals surface area contributed by atoms with Crippen LogP contribution < -0.4 is 10.6 Å². The standard InChI is InChI=1S/C11H14N2O/c1-12-10-9(7-13-11(10)14)8-5-3-2-4-6-8/h2-6,9-10,12H,7H2,1H3,(H,13,14). The number of likely N-dealkylation sites (N-methyl/N-ethyl adjacent to an activating group) is 1. The zero-order valence-electron chi connectivity index (χ0n) is 8.16. The number of carbonyl (C=O) groups excluding carboxylic acids is 1. The molecule has 1 aliphatic rings. The van der Waals surface area contributed by atoms with Gasteiger partial charge in [-0.15, -0.1) is 0 Å². The molecule has 1 aromatic carbocycles. The predicted molar refractivity (Wildman–Crippen MR) is 55.0 cm³/mol. The largest absolute Gasteiger partial charge is 0.354 e. The van der Waals surface area contributed by atoms with Crippen molar-refractivity contribution in [3.8, 4) is 0 Å². The second-order valence-electron chi connectivity index (χ2n) is 3.53.